The highest BCUT2D eigenvalue weighted by atomic mass is 32.1. The molecule has 0 spiro atoms. The number of aromatic nitrogens is 1. The Morgan fingerprint density at radius 3 is 2.93 bits per heavy atom. The Kier molecular flexibility index (Phi) is 3.76. The Morgan fingerprint density at radius 1 is 1.53 bits per heavy atom. The molecule has 0 unspecified atom stereocenters. The third kappa shape index (κ3) is 2.79. The van der Waals surface area contributed by atoms with Crippen molar-refractivity contribution in [2.24, 2.45) is 5.41 Å². The first kappa shape index (κ1) is 11.1. The second kappa shape index (κ2) is 5.08. The first-order valence-electron chi connectivity index (χ1n) is 5.93. The smallest absolute Gasteiger partial charge is 0.0794 e. The molecule has 0 atom stereocenters. The summed E-state index contributed by atoms with van der Waals surface area (Å²) in [5.41, 5.74) is 2.50. The minimum absolute atomic E-state index is 0.557. The molecule has 1 aliphatic carbocycles. The van der Waals surface area contributed by atoms with Crippen molar-refractivity contribution in [3.05, 3.63) is 16.6 Å². The zero-order valence-electron chi connectivity index (χ0n) is 9.46. The van der Waals surface area contributed by atoms with Crippen molar-refractivity contribution in [3.63, 3.8) is 0 Å². The van der Waals surface area contributed by atoms with Crippen molar-refractivity contribution in [1.29, 1.82) is 0 Å². The zero-order valence-corrected chi connectivity index (χ0v) is 10.3. The second-order valence-corrected chi connectivity index (χ2v) is 5.65. The molecular formula is C12H20N2S. The lowest BCUT2D eigenvalue weighted by Crippen LogP contribution is -2.41. The SMILES string of the molecule is CCCNCC1(Cc2cncs2)CCC1. The van der Waals surface area contributed by atoms with Gasteiger partial charge in [-0.15, -0.1) is 11.3 Å². The van der Waals surface area contributed by atoms with Crippen molar-refractivity contribution in [1.82, 2.24) is 10.3 Å². The van der Waals surface area contributed by atoms with E-state index in [-0.39, 0.29) is 0 Å². The Bertz CT molecular complexity index is 278. The molecule has 1 saturated carbocycles. The van der Waals surface area contributed by atoms with Crippen LogP contribution < -0.4 is 5.32 Å². The van der Waals surface area contributed by atoms with Gasteiger partial charge in [0.25, 0.3) is 0 Å². The molecule has 3 heteroatoms. The van der Waals surface area contributed by atoms with Gasteiger partial charge in [0.2, 0.25) is 0 Å². The average molecular weight is 224 g/mol. The van der Waals surface area contributed by atoms with Crippen molar-refractivity contribution in [2.75, 3.05) is 13.1 Å². The van der Waals surface area contributed by atoms with Crippen LogP contribution >= 0.6 is 11.3 Å². The maximum atomic E-state index is 4.16. The van der Waals surface area contributed by atoms with Crippen LogP contribution in [-0.4, -0.2) is 18.1 Å². The highest BCUT2D eigenvalue weighted by Crippen LogP contribution is 2.43. The molecule has 0 radical (unpaired) electrons. The minimum Gasteiger partial charge on any atom is -0.316 e. The third-order valence-electron chi connectivity index (χ3n) is 3.37. The van der Waals surface area contributed by atoms with Crippen LogP contribution in [0.25, 0.3) is 0 Å². The standard InChI is InChI=1S/C12H20N2S/c1-2-6-13-9-12(4-3-5-12)7-11-8-14-10-15-11/h8,10,13H,2-7,9H2,1H3. The van der Waals surface area contributed by atoms with Gasteiger partial charge in [0, 0.05) is 17.6 Å². The van der Waals surface area contributed by atoms with Crippen LogP contribution in [0.5, 0.6) is 0 Å². The molecule has 15 heavy (non-hydrogen) atoms. The molecule has 2 rings (SSSR count). The van der Waals surface area contributed by atoms with E-state index >= 15 is 0 Å². The molecule has 1 fully saturated rings. The fraction of sp³-hybridized carbons (Fsp3) is 0.750. The quantitative estimate of drug-likeness (QED) is 0.752. The summed E-state index contributed by atoms with van der Waals surface area (Å²) >= 11 is 1.80. The van der Waals surface area contributed by atoms with Crippen LogP contribution in [0.4, 0.5) is 0 Å². The second-order valence-electron chi connectivity index (χ2n) is 4.67. The molecule has 1 aromatic rings. The zero-order chi connectivity index (χ0) is 10.6. The average Bonchev–Trinajstić information content (AvgIpc) is 2.66. The molecule has 1 aliphatic rings. The summed E-state index contributed by atoms with van der Waals surface area (Å²) in [5.74, 6) is 0. The first-order valence-corrected chi connectivity index (χ1v) is 6.81. The van der Waals surface area contributed by atoms with Crippen molar-refractivity contribution in [3.8, 4) is 0 Å². The van der Waals surface area contributed by atoms with Crippen LogP contribution in [0, 0.1) is 5.41 Å². The molecule has 1 N–H and O–H groups in total. The van der Waals surface area contributed by atoms with Gasteiger partial charge in [-0.25, -0.2) is 0 Å². The molecular weight excluding hydrogens is 204 g/mol. The summed E-state index contributed by atoms with van der Waals surface area (Å²) < 4.78 is 0. The molecule has 2 nitrogen and oxygen atoms in total. The van der Waals surface area contributed by atoms with E-state index in [1.54, 1.807) is 11.3 Å². The monoisotopic (exact) mass is 224 g/mol. The Balaban J connectivity index is 1.85. The van der Waals surface area contributed by atoms with Gasteiger partial charge in [0.05, 0.1) is 5.51 Å². The lowest BCUT2D eigenvalue weighted by Gasteiger charge is -2.42. The van der Waals surface area contributed by atoms with Crippen LogP contribution in [0.2, 0.25) is 0 Å². The Labute approximate surface area is 96.1 Å². The summed E-state index contributed by atoms with van der Waals surface area (Å²) in [6, 6.07) is 0. The van der Waals surface area contributed by atoms with E-state index in [1.165, 1.54) is 43.5 Å². The third-order valence-corrected chi connectivity index (χ3v) is 4.15. The molecule has 0 aromatic carbocycles. The number of hydrogen-bond donors (Lipinski definition) is 1. The van der Waals surface area contributed by atoms with E-state index in [9.17, 15) is 0 Å². The number of nitrogens with one attached hydrogen (secondary N) is 1. The van der Waals surface area contributed by atoms with Gasteiger partial charge < -0.3 is 5.32 Å². The minimum atomic E-state index is 0.557. The normalized spacial score (nSPS) is 18.7. The van der Waals surface area contributed by atoms with Crippen LogP contribution in [0.3, 0.4) is 0 Å². The van der Waals surface area contributed by atoms with Crippen molar-refractivity contribution >= 4 is 11.3 Å². The van der Waals surface area contributed by atoms with Gasteiger partial charge in [-0.05, 0) is 37.6 Å². The Morgan fingerprint density at radius 2 is 2.40 bits per heavy atom. The number of thiazole rings is 1. The van der Waals surface area contributed by atoms with Gasteiger partial charge in [-0.3, -0.25) is 4.98 Å². The molecule has 1 heterocycles. The lowest BCUT2D eigenvalue weighted by molar-refractivity contribution is 0.131. The van der Waals surface area contributed by atoms with E-state index in [2.05, 4.69) is 17.2 Å². The Hall–Kier alpha value is -0.410. The molecule has 0 amide bonds. The van der Waals surface area contributed by atoms with Crippen LogP contribution in [0.15, 0.2) is 11.7 Å². The lowest BCUT2D eigenvalue weighted by atomic mass is 9.66. The van der Waals surface area contributed by atoms with E-state index in [1.807, 2.05) is 11.7 Å². The highest BCUT2D eigenvalue weighted by Gasteiger charge is 2.36. The molecule has 0 bridgehead atoms. The number of rotatable bonds is 6. The summed E-state index contributed by atoms with van der Waals surface area (Å²) in [7, 11) is 0. The predicted octanol–water partition coefficient (Wildman–Crippen LogP) is 2.86. The topological polar surface area (TPSA) is 24.9 Å². The van der Waals surface area contributed by atoms with Gasteiger partial charge in [-0.2, -0.15) is 0 Å². The molecule has 0 aliphatic heterocycles. The summed E-state index contributed by atoms with van der Waals surface area (Å²) in [6.07, 6.45) is 8.69. The summed E-state index contributed by atoms with van der Waals surface area (Å²) in [4.78, 5) is 5.61. The van der Waals surface area contributed by atoms with E-state index in [0.29, 0.717) is 5.41 Å². The number of hydrogen-bond acceptors (Lipinski definition) is 3. The summed E-state index contributed by atoms with van der Waals surface area (Å²) in [5, 5.41) is 3.57. The van der Waals surface area contributed by atoms with Crippen molar-refractivity contribution in [2.45, 2.75) is 39.0 Å². The maximum Gasteiger partial charge on any atom is 0.0794 e. The fourth-order valence-corrected chi connectivity index (χ4v) is 3.09. The largest absolute Gasteiger partial charge is 0.316 e. The highest BCUT2D eigenvalue weighted by molar-refractivity contribution is 7.09. The molecule has 84 valence electrons. The van der Waals surface area contributed by atoms with Crippen LogP contribution in [0.1, 0.15) is 37.5 Å². The first-order chi connectivity index (χ1) is 7.35. The predicted molar refractivity (Wildman–Crippen MR) is 65.3 cm³/mol. The molecule has 1 aromatic heterocycles. The van der Waals surface area contributed by atoms with E-state index < -0.39 is 0 Å². The maximum absolute atomic E-state index is 4.16. The molecule has 0 saturated heterocycles. The van der Waals surface area contributed by atoms with Gasteiger partial charge >= 0.3 is 0 Å². The summed E-state index contributed by atoms with van der Waals surface area (Å²) in [6.45, 7) is 4.58. The van der Waals surface area contributed by atoms with E-state index in [0.717, 1.165) is 6.54 Å². The van der Waals surface area contributed by atoms with Gasteiger partial charge in [0.1, 0.15) is 0 Å². The van der Waals surface area contributed by atoms with Gasteiger partial charge in [0.15, 0.2) is 0 Å². The van der Waals surface area contributed by atoms with Crippen molar-refractivity contribution < 1.29 is 0 Å². The number of nitrogens with zero attached hydrogens (tertiary/aromatic N) is 1. The van der Waals surface area contributed by atoms with Gasteiger partial charge in [-0.1, -0.05) is 13.3 Å². The fourth-order valence-electron chi connectivity index (χ4n) is 2.32. The van der Waals surface area contributed by atoms with Crippen LogP contribution in [-0.2, 0) is 6.42 Å². The van der Waals surface area contributed by atoms with E-state index in [4.69, 9.17) is 0 Å².